The fourth-order valence-electron chi connectivity index (χ4n) is 5.29. The van der Waals surface area contributed by atoms with Crippen molar-refractivity contribution in [2.75, 3.05) is 13.2 Å². The van der Waals surface area contributed by atoms with E-state index >= 15 is 0 Å². The van der Waals surface area contributed by atoms with Gasteiger partial charge in [-0.2, -0.15) is 0 Å². The van der Waals surface area contributed by atoms with Crippen LogP contribution in [0.2, 0.25) is 10.0 Å². The maximum absolute atomic E-state index is 12.8. The zero-order chi connectivity index (χ0) is 20.4. The van der Waals surface area contributed by atoms with Crippen LogP contribution in [0.1, 0.15) is 16.8 Å². The maximum atomic E-state index is 12.8. The molecule has 0 aromatic heterocycles. The first-order chi connectivity index (χ1) is 13.9. The quantitative estimate of drug-likeness (QED) is 0.308. The van der Waals surface area contributed by atoms with Crippen LogP contribution in [-0.2, 0) is 19.1 Å². The van der Waals surface area contributed by atoms with E-state index < -0.39 is 24.9 Å². The number of Topliss-reactive ketones (excluding diaryl/α,β-unsaturated/α-hetero) is 1. The predicted octanol–water partition coefficient (Wildman–Crippen LogP) is 2.77. The highest BCUT2D eigenvalue weighted by Gasteiger charge is 2.67. The fraction of sp³-hybridized carbons (Fsp3) is 0.429. The molecule has 1 heterocycles. The van der Waals surface area contributed by atoms with Crippen molar-refractivity contribution >= 4 is 46.8 Å². The number of benzene rings is 1. The Kier molecular flexibility index (Phi) is 4.33. The summed E-state index contributed by atoms with van der Waals surface area (Å²) in [4.78, 5) is 51.2. The third-order valence-corrected chi connectivity index (χ3v) is 7.18. The largest absolute Gasteiger partial charge is 0.456 e. The lowest BCUT2D eigenvalue weighted by atomic mass is 9.63. The molecule has 1 aromatic carbocycles. The normalized spacial score (nSPS) is 33.5. The number of esters is 1. The molecule has 2 saturated carbocycles. The van der Waals surface area contributed by atoms with Crippen molar-refractivity contribution in [2.24, 2.45) is 35.5 Å². The highest BCUT2D eigenvalue weighted by Crippen LogP contribution is 2.65. The molecule has 1 aliphatic heterocycles. The molecule has 29 heavy (non-hydrogen) atoms. The molecule has 4 aliphatic carbocycles. The van der Waals surface area contributed by atoms with E-state index in [9.17, 15) is 19.2 Å². The Bertz CT molecular complexity index is 953. The number of imide groups is 1. The van der Waals surface area contributed by atoms with Gasteiger partial charge in [0.15, 0.2) is 6.61 Å². The first kappa shape index (κ1) is 18.8. The van der Waals surface area contributed by atoms with Crippen LogP contribution in [0.3, 0.4) is 0 Å². The number of hydrogen-bond donors (Lipinski definition) is 0. The molecule has 0 spiro atoms. The number of carbonyl (C=O) groups excluding carboxylic acids is 4. The van der Waals surface area contributed by atoms with E-state index in [4.69, 9.17) is 27.9 Å². The van der Waals surface area contributed by atoms with Crippen molar-refractivity contribution in [3.8, 4) is 0 Å². The molecule has 1 aromatic rings. The summed E-state index contributed by atoms with van der Waals surface area (Å²) in [6, 6.07) is 4.39. The van der Waals surface area contributed by atoms with Crippen molar-refractivity contribution in [3.05, 3.63) is 46.0 Å². The summed E-state index contributed by atoms with van der Waals surface area (Å²) in [5.74, 6) is -1.41. The number of ketones is 1. The first-order valence-corrected chi connectivity index (χ1v) is 10.3. The Morgan fingerprint density at radius 2 is 1.66 bits per heavy atom. The highest BCUT2D eigenvalue weighted by molar-refractivity contribution is 6.36. The van der Waals surface area contributed by atoms with Crippen LogP contribution in [-0.4, -0.2) is 41.6 Å². The average Bonchev–Trinajstić information content (AvgIpc) is 3.47. The lowest BCUT2D eigenvalue weighted by Gasteiger charge is -2.37. The van der Waals surface area contributed by atoms with Gasteiger partial charge in [-0.15, -0.1) is 0 Å². The minimum atomic E-state index is -0.797. The molecule has 2 bridgehead atoms. The molecule has 0 N–H and O–H groups in total. The third kappa shape index (κ3) is 2.92. The first-order valence-electron chi connectivity index (χ1n) is 9.54. The van der Waals surface area contributed by atoms with E-state index in [1.54, 1.807) is 0 Å². The van der Waals surface area contributed by atoms with Crippen molar-refractivity contribution in [1.82, 2.24) is 4.90 Å². The molecule has 0 unspecified atom stereocenters. The molecular formula is C21H17Cl2NO5. The van der Waals surface area contributed by atoms with Crippen molar-refractivity contribution < 1.29 is 23.9 Å². The molecule has 150 valence electrons. The number of nitrogens with zero attached hydrogens (tertiary/aromatic N) is 1. The number of amides is 2. The van der Waals surface area contributed by atoms with E-state index in [2.05, 4.69) is 12.2 Å². The van der Waals surface area contributed by atoms with E-state index in [-0.39, 0.29) is 46.1 Å². The van der Waals surface area contributed by atoms with Crippen LogP contribution < -0.4 is 0 Å². The Balaban J connectivity index is 1.22. The summed E-state index contributed by atoms with van der Waals surface area (Å²) in [6.07, 6.45) is 5.22. The Morgan fingerprint density at radius 1 is 1.03 bits per heavy atom. The van der Waals surface area contributed by atoms with Gasteiger partial charge in [-0.05, 0) is 48.3 Å². The van der Waals surface area contributed by atoms with Crippen LogP contribution in [0.4, 0.5) is 0 Å². The molecule has 3 fully saturated rings. The van der Waals surface area contributed by atoms with Crippen LogP contribution in [0.5, 0.6) is 0 Å². The Hall–Kier alpha value is -2.18. The summed E-state index contributed by atoms with van der Waals surface area (Å²) in [5.41, 5.74) is 0.185. The van der Waals surface area contributed by atoms with E-state index in [0.29, 0.717) is 16.9 Å². The summed E-state index contributed by atoms with van der Waals surface area (Å²) >= 11 is 11.8. The summed E-state index contributed by atoms with van der Waals surface area (Å²) in [6.45, 7) is -0.999. The molecule has 6 nitrogen and oxygen atoms in total. The standard InChI is InChI=1S/C21H17Cl2NO5/c22-9-1-2-12(15(23)5-9)16(25)8-29-17(26)7-24-20(27)18-10-3-4-11(14-6-13(10)14)19(18)21(24)28/h1-5,10-11,13-14,18-19H,6-8H2/t10-,11-,13-,14+,18-,19+/m0/s1. The minimum absolute atomic E-state index is 0.0982. The summed E-state index contributed by atoms with van der Waals surface area (Å²) in [5, 5.41) is 0.547. The fourth-order valence-corrected chi connectivity index (χ4v) is 5.80. The zero-order valence-corrected chi connectivity index (χ0v) is 16.7. The summed E-state index contributed by atoms with van der Waals surface area (Å²) < 4.78 is 5.01. The van der Waals surface area contributed by atoms with E-state index in [1.165, 1.54) is 18.2 Å². The van der Waals surface area contributed by atoms with Gasteiger partial charge in [-0.1, -0.05) is 35.4 Å². The van der Waals surface area contributed by atoms with Crippen molar-refractivity contribution in [3.63, 3.8) is 0 Å². The highest BCUT2D eigenvalue weighted by atomic mass is 35.5. The zero-order valence-electron chi connectivity index (χ0n) is 15.2. The second-order valence-corrected chi connectivity index (χ2v) is 8.97. The van der Waals surface area contributed by atoms with Crippen molar-refractivity contribution in [2.45, 2.75) is 6.42 Å². The number of allylic oxidation sites excluding steroid dienone is 2. The number of likely N-dealkylation sites (tertiary alicyclic amines) is 1. The molecule has 6 rings (SSSR count). The van der Waals surface area contributed by atoms with Gasteiger partial charge in [0, 0.05) is 10.6 Å². The second-order valence-electron chi connectivity index (χ2n) is 8.13. The Morgan fingerprint density at radius 3 is 2.24 bits per heavy atom. The maximum Gasteiger partial charge on any atom is 0.326 e. The molecular weight excluding hydrogens is 417 g/mol. The van der Waals surface area contributed by atoms with Gasteiger partial charge in [0.2, 0.25) is 17.6 Å². The molecule has 8 heteroatoms. The smallest absolute Gasteiger partial charge is 0.326 e. The molecule has 2 amide bonds. The summed E-state index contributed by atoms with van der Waals surface area (Å²) in [7, 11) is 0. The lowest BCUT2D eigenvalue weighted by molar-refractivity contribution is -0.152. The van der Waals surface area contributed by atoms with Gasteiger partial charge in [0.1, 0.15) is 6.54 Å². The van der Waals surface area contributed by atoms with Gasteiger partial charge >= 0.3 is 5.97 Å². The molecule has 0 radical (unpaired) electrons. The van der Waals surface area contributed by atoms with Crippen LogP contribution in [0.15, 0.2) is 30.4 Å². The third-order valence-electron chi connectivity index (χ3n) is 6.64. The van der Waals surface area contributed by atoms with Gasteiger partial charge in [-0.3, -0.25) is 24.1 Å². The van der Waals surface area contributed by atoms with Crippen LogP contribution >= 0.6 is 23.2 Å². The predicted molar refractivity (Wildman–Crippen MR) is 103 cm³/mol. The molecule has 1 saturated heterocycles. The minimum Gasteiger partial charge on any atom is -0.456 e. The van der Waals surface area contributed by atoms with Crippen LogP contribution in [0.25, 0.3) is 0 Å². The van der Waals surface area contributed by atoms with Gasteiger partial charge in [0.25, 0.3) is 0 Å². The van der Waals surface area contributed by atoms with Gasteiger partial charge < -0.3 is 4.74 Å². The van der Waals surface area contributed by atoms with E-state index in [0.717, 1.165) is 11.3 Å². The SMILES string of the molecule is O=C(CN1C(=O)[C@@H]2[C@H]3C=C[C@@H]([C@@H]4C[C@H]34)[C@@H]2C1=O)OCC(=O)c1ccc(Cl)cc1Cl. The Labute approximate surface area is 176 Å². The average molecular weight is 434 g/mol. The van der Waals surface area contributed by atoms with Crippen molar-refractivity contribution in [1.29, 1.82) is 0 Å². The topological polar surface area (TPSA) is 80.8 Å². The number of ether oxygens (including phenoxy) is 1. The number of rotatable bonds is 5. The lowest BCUT2D eigenvalue weighted by Crippen LogP contribution is -2.40. The molecule has 5 aliphatic rings. The second kappa shape index (κ2) is 6.67. The van der Waals surface area contributed by atoms with E-state index in [1.807, 2.05) is 0 Å². The number of hydrogen-bond acceptors (Lipinski definition) is 5. The monoisotopic (exact) mass is 433 g/mol. The van der Waals surface area contributed by atoms with Gasteiger partial charge in [0.05, 0.1) is 16.9 Å². The molecule has 6 atom stereocenters. The number of halogens is 2. The van der Waals surface area contributed by atoms with Crippen LogP contribution in [0, 0.1) is 35.5 Å². The van der Waals surface area contributed by atoms with Gasteiger partial charge in [-0.25, -0.2) is 0 Å². The number of carbonyl (C=O) groups is 4.